The molecule has 0 heterocycles. The number of rotatable bonds is 16. The van der Waals surface area contributed by atoms with Crippen LogP contribution in [0.3, 0.4) is 0 Å². The van der Waals surface area contributed by atoms with Crippen LogP contribution in [0.1, 0.15) is 107 Å². The first-order valence-electron chi connectivity index (χ1n) is 18.5. The van der Waals surface area contributed by atoms with E-state index in [0.717, 1.165) is 6.08 Å². The van der Waals surface area contributed by atoms with Gasteiger partial charge in [0.2, 0.25) is 0 Å². The summed E-state index contributed by atoms with van der Waals surface area (Å²) in [6, 6.07) is 15.9. The first kappa shape index (κ1) is 43.9. The van der Waals surface area contributed by atoms with Crippen molar-refractivity contribution in [2.45, 2.75) is 78.3 Å². The van der Waals surface area contributed by atoms with Crippen molar-refractivity contribution < 1.29 is 53.5 Å². The van der Waals surface area contributed by atoms with Crippen LogP contribution in [0.15, 0.2) is 73.3 Å². The lowest BCUT2D eigenvalue weighted by Gasteiger charge is -2.25. The number of carbonyl (C=O) groups is 5. The van der Waals surface area contributed by atoms with E-state index in [0.29, 0.717) is 39.8 Å². The van der Waals surface area contributed by atoms with Crippen LogP contribution in [0.25, 0.3) is 0 Å². The van der Waals surface area contributed by atoms with Crippen LogP contribution in [-0.4, -0.2) is 63.7 Å². The van der Waals surface area contributed by atoms with Crippen molar-refractivity contribution in [2.24, 2.45) is 0 Å². The van der Waals surface area contributed by atoms with Gasteiger partial charge in [-0.05, 0) is 89.0 Å². The van der Waals surface area contributed by atoms with Gasteiger partial charge in [-0.15, -0.1) is 9.24 Å². The summed E-state index contributed by atoms with van der Waals surface area (Å²) >= 11 is 0. The van der Waals surface area contributed by atoms with E-state index in [9.17, 15) is 39.3 Å². The van der Waals surface area contributed by atoms with Crippen molar-refractivity contribution in [1.82, 2.24) is 0 Å². The molecule has 4 aromatic carbocycles. The Bertz CT molecular complexity index is 2210. The maximum absolute atomic E-state index is 13.3. The highest BCUT2D eigenvalue weighted by Gasteiger charge is 2.29. The Morgan fingerprint density at radius 2 is 1.09 bits per heavy atom. The van der Waals surface area contributed by atoms with Crippen LogP contribution in [0.5, 0.6) is 23.0 Å². The summed E-state index contributed by atoms with van der Waals surface area (Å²) in [7, 11) is 2.69. The fraction of sp³-hybridized carbons (Fsp3) is 0.311. The van der Waals surface area contributed by atoms with Gasteiger partial charge in [-0.1, -0.05) is 70.7 Å². The third kappa shape index (κ3) is 10.7. The highest BCUT2D eigenvalue weighted by Crippen LogP contribution is 2.40. The fourth-order valence-corrected chi connectivity index (χ4v) is 6.66. The third-order valence-electron chi connectivity index (χ3n) is 9.15. The number of para-hydroxylation sites is 2. The molecule has 0 bridgehead atoms. The van der Waals surface area contributed by atoms with Crippen molar-refractivity contribution >= 4 is 38.7 Å². The highest BCUT2D eigenvalue weighted by molar-refractivity contribution is 7.17. The van der Waals surface area contributed by atoms with Gasteiger partial charge in [-0.2, -0.15) is 0 Å². The van der Waals surface area contributed by atoms with Crippen LogP contribution in [-0.2, 0) is 55.0 Å². The van der Waals surface area contributed by atoms with E-state index in [1.165, 1.54) is 24.3 Å². The summed E-state index contributed by atoms with van der Waals surface area (Å²) in [5.74, 6) is -4.93. The predicted molar refractivity (Wildman–Crippen MR) is 219 cm³/mol. The summed E-state index contributed by atoms with van der Waals surface area (Å²) in [6.45, 7) is 14.1. The molecular weight excluding hydrogens is 747 g/mol. The van der Waals surface area contributed by atoms with E-state index in [4.69, 9.17) is 14.2 Å². The monoisotopic (exact) mass is 796 g/mol. The number of phenols is 3. The molecule has 0 aromatic heterocycles. The number of esters is 3. The van der Waals surface area contributed by atoms with Gasteiger partial charge >= 0.3 is 17.9 Å². The van der Waals surface area contributed by atoms with Crippen molar-refractivity contribution in [3.63, 3.8) is 0 Å². The Labute approximate surface area is 334 Å². The van der Waals surface area contributed by atoms with E-state index in [1.54, 1.807) is 44.2 Å². The molecule has 11 nitrogen and oxygen atoms in total. The minimum absolute atomic E-state index is 0.00243. The van der Waals surface area contributed by atoms with E-state index in [2.05, 4.69) is 15.8 Å². The number of benzene rings is 4. The number of hydrogen-bond donors (Lipinski definition) is 3. The molecule has 0 aliphatic rings. The van der Waals surface area contributed by atoms with Crippen molar-refractivity contribution in [2.75, 3.05) is 13.2 Å². The van der Waals surface area contributed by atoms with E-state index in [1.807, 2.05) is 33.8 Å². The molecule has 57 heavy (non-hydrogen) atoms. The summed E-state index contributed by atoms with van der Waals surface area (Å²) in [4.78, 5) is 64.1. The zero-order chi connectivity index (χ0) is 42.2. The molecule has 0 spiro atoms. The standard InChI is InChI=1S/C45H49O11P/c1-8-36(46)56-42-34(23-33(24-35(42)45(5,6)7)41(51)44(53)55-10-3)20-29-16-12-15-28(38(29)48)19-31-22-32(40(50)43(52)54-9-2)21-30(39(31)49)18-27-14-11-13-26(37(27)47)17-25(4)57/h8,11-16,21-25,47-49H,1,9-10,17-20,57H2,2-7H3. The number of aromatic hydroxyl groups is 3. The highest BCUT2D eigenvalue weighted by atomic mass is 31.0. The first-order chi connectivity index (χ1) is 26.9. The molecule has 2 unspecified atom stereocenters. The summed E-state index contributed by atoms with van der Waals surface area (Å²) in [5, 5.41) is 34.5. The molecule has 0 aliphatic heterocycles. The lowest BCUT2D eigenvalue weighted by atomic mass is 9.82. The fourth-order valence-electron chi connectivity index (χ4n) is 6.40. The molecule has 0 saturated heterocycles. The van der Waals surface area contributed by atoms with Crippen LogP contribution >= 0.6 is 9.24 Å². The maximum atomic E-state index is 13.3. The first-order valence-corrected chi connectivity index (χ1v) is 19.2. The normalized spacial score (nSPS) is 11.7. The van der Waals surface area contributed by atoms with Crippen LogP contribution < -0.4 is 4.74 Å². The topological polar surface area (TPSA) is 174 Å². The quantitative estimate of drug-likeness (QED) is 0.0260. The number of phenolic OH excluding ortho intramolecular Hbond substituents is 3. The van der Waals surface area contributed by atoms with E-state index in [-0.39, 0.29) is 83.4 Å². The Kier molecular flexibility index (Phi) is 14.6. The Hall–Kier alpha value is -5.80. The molecule has 0 amide bonds. The number of ketones is 2. The van der Waals surface area contributed by atoms with Crippen LogP contribution in [0, 0.1) is 0 Å². The Morgan fingerprint density at radius 1 is 0.684 bits per heavy atom. The lowest BCUT2D eigenvalue weighted by molar-refractivity contribution is -0.138. The summed E-state index contributed by atoms with van der Waals surface area (Å²) in [5.41, 5.74) is 2.54. The summed E-state index contributed by atoms with van der Waals surface area (Å²) < 4.78 is 15.7. The zero-order valence-electron chi connectivity index (χ0n) is 33.1. The second-order valence-electron chi connectivity index (χ2n) is 14.7. The molecule has 4 rings (SSSR count). The van der Waals surface area contributed by atoms with Crippen molar-refractivity contribution in [3.05, 3.63) is 129 Å². The molecule has 4 aromatic rings. The van der Waals surface area contributed by atoms with Crippen molar-refractivity contribution in [1.29, 1.82) is 0 Å². The average molecular weight is 797 g/mol. The second kappa shape index (κ2) is 18.9. The number of ether oxygens (including phenoxy) is 3. The number of hydrogen-bond acceptors (Lipinski definition) is 11. The van der Waals surface area contributed by atoms with Gasteiger partial charge < -0.3 is 29.5 Å². The lowest BCUT2D eigenvalue weighted by Crippen LogP contribution is -2.21. The maximum Gasteiger partial charge on any atom is 0.379 e. The van der Waals surface area contributed by atoms with Gasteiger partial charge in [-0.3, -0.25) is 9.59 Å². The van der Waals surface area contributed by atoms with Gasteiger partial charge in [0.25, 0.3) is 11.6 Å². The average Bonchev–Trinajstić information content (AvgIpc) is 3.15. The third-order valence-corrected chi connectivity index (χ3v) is 9.38. The molecule has 0 aliphatic carbocycles. The van der Waals surface area contributed by atoms with Crippen molar-refractivity contribution in [3.8, 4) is 23.0 Å². The minimum Gasteiger partial charge on any atom is -0.507 e. The van der Waals surface area contributed by atoms with E-state index >= 15 is 0 Å². The van der Waals surface area contributed by atoms with Crippen LogP contribution in [0.2, 0.25) is 0 Å². The molecule has 12 heteroatoms. The Balaban J connectivity index is 1.85. The second-order valence-corrected chi connectivity index (χ2v) is 15.8. The molecule has 0 radical (unpaired) electrons. The number of Topliss-reactive ketones (excluding diaryl/α,β-unsaturated/α-hetero) is 2. The van der Waals surface area contributed by atoms with Crippen LogP contribution in [0.4, 0.5) is 0 Å². The van der Waals surface area contributed by atoms with Gasteiger partial charge in [-0.25, -0.2) is 14.4 Å². The van der Waals surface area contributed by atoms with Gasteiger partial charge in [0.05, 0.1) is 13.2 Å². The Morgan fingerprint density at radius 3 is 1.53 bits per heavy atom. The predicted octanol–water partition coefficient (Wildman–Crippen LogP) is 7.26. The molecule has 0 saturated carbocycles. The smallest absolute Gasteiger partial charge is 0.379 e. The largest absolute Gasteiger partial charge is 0.507 e. The summed E-state index contributed by atoms with van der Waals surface area (Å²) in [6.07, 6.45) is 1.42. The molecule has 2 atom stereocenters. The van der Waals surface area contributed by atoms with Gasteiger partial charge in [0, 0.05) is 47.6 Å². The zero-order valence-corrected chi connectivity index (χ0v) is 34.2. The minimum atomic E-state index is -1.07. The SMILES string of the molecule is C=CC(=O)Oc1c(Cc2cccc(Cc3cc(C(=O)C(=O)OCC)cc(Cc4cccc(CC(C)P)c4O)c3O)c2O)cc(C(=O)C(=O)OCC)cc1C(C)(C)C. The number of carbonyl (C=O) groups excluding carboxylic acids is 5. The van der Waals surface area contributed by atoms with Gasteiger partial charge in [0.15, 0.2) is 0 Å². The molecule has 3 N–H and O–H groups in total. The molecular formula is C45H49O11P. The van der Waals surface area contributed by atoms with Gasteiger partial charge in [0.1, 0.15) is 23.0 Å². The molecule has 300 valence electrons. The van der Waals surface area contributed by atoms with E-state index < -0.39 is 34.9 Å². The molecule has 0 fully saturated rings.